The average molecular weight is 429 g/mol. The molecule has 1 aliphatic heterocycles. The highest BCUT2D eigenvalue weighted by molar-refractivity contribution is 5.73. The van der Waals surface area contributed by atoms with Crippen LogP contribution < -0.4 is 4.74 Å². The molecule has 9 heteroatoms. The van der Waals surface area contributed by atoms with E-state index < -0.39 is 12.1 Å². The molecule has 30 heavy (non-hydrogen) atoms. The third-order valence-electron chi connectivity index (χ3n) is 4.94. The van der Waals surface area contributed by atoms with Gasteiger partial charge in [0.2, 0.25) is 0 Å². The number of rotatable bonds is 6. The van der Waals surface area contributed by atoms with E-state index in [1.54, 1.807) is 13.4 Å². The number of benzene rings is 1. The van der Waals surface area contributed by atoms with Gasteiger partial charge in [0, 0.05) is 38.2 Å². The Morgan fingerprint density at radius 2 is 1.87 bits per heavy atom. The number of hydrogen-bond donors (Lipinski definition) is 1. The number of carboxylic acid groups (broad SMARTS) is 1. The summed E-state index contributed by atoms with van der Waals surface area (Å²) in [7, 11) is 3.53. The number of hydrogen-bond acceptors (Lipinski definition) is 5. The van der Waals surface area contributed by atoms with Gasteiger partial charge in [-0.25, -0.2) is 4.79 Å². The molecule has 6 nitrogen and oxygen atoms in total. The Morgan fingerprint density at radius 1 is 1.20 bits per heavy atom. The van der Waals surface area contributed by atoms with E-state index in [1.165, 1.54) is 11.1 Å². The van der Waals surface area contributed by atoms with Crippen LogP contribution >= 0.6 is 0 Å². The third kappa shape index (κ3) is 7.38. The summed E-state index contributed by atoms with van der Waals surface area (Å²) in [6, 6.07) is 10.4. The molecule has 2 heterocycles. The zero-order chi connectivity index (χ0) is 22.1. The van der Waals surface area contributed by atoms with Crippen molar-refractivity contribution in [2.24, 2.45) is 5.92 Å². The number of methoxy groups -OCH3 is 2. The van der Waals surface area contributed by atoms with Gasteiger partial charge in [0.25, 0.3) is 0 Å². The van der Waals surface area contributed by atoms with Gasteiger partial charge in [0.15, 0.2) is 0 Å². The number of ether oxygens (including phenoxy) is 2. The van der Waals surface area contributed by atoms with Gasteiger partial charge in [-0.05, 0) is 36.6 Å². The minimum Gasteiger partial charge on any atom is -0.497 e. The minimum absolute atomic E-state index is 0.331. The van der Waals surface area contributed by atoms with Crippen LogP contribution in [0.25, 0.3) is 0 Å². The van der Waals surface area contributed by atoms with Crippen molar-refractivity contribution in [3.05, 3.63) is 54.0 Å². The lowest BCUT2D eigenvalue weighted by Gasteiger charge is -2.38. The molecular weight excluding hydrogens is 403 g/mol. The van der Waals surface area contributed by atoms with Crippen LogP contribution in [0.5, 0.6) is 5.75 Å². The first-order chi connectivity index (χ1) is 14.2. The molecule has 1 fully saturated rings. The predicted molar refractivity (Wildman–Crippen MR) is 103 cm³/mol. The summed E-state index contributed by atoms with van der Waals surface area (Å²) in [5, 5.41) is 7.12. The number of nitrogens with zero attached hydrogens (tertiary/aromatic N) is 1. The summed E-state index contributed by atoms with van der Waals surface area (Å²) in [5.41, 5.74) is 2.58. The Bertz CT molecular complexity index is 762. The molecule has 1 aromatic heterocycles. The second kappa shape index (κ2) is 11.0. The van der Waals surface area contributed by atoms with Gasteiger partial charge >= 0.3 is 12.1 Å². The maximum atomic E-state index is 10.6. The maximum Gasteiger partial charge on any atom is 0.490 e. The summed E-state index contributed by atoms with van der Waals surface area (Å²) in [6.07, 6.45) is 0.935. The van der Waals surface area contributed by atoms with Crippen molar-refractivity contribution in [1.29, 1.82) is 0 Å². The molecule has 0 radical (unpaired) electrons. The van der Waals surface area contributed by atoms with Crippen molar-refractivity contribution in [2.75, 3.05) is 27.3 Å². The fourth-order valence-electron chi connectivity index (χ4n) is 3.44. The Kier molecular flexibility index (Phi) is 8.73. The predicted octanol–water partition coefficient (Wildman–Crippen LogP) is 4.00. The zero-order valence-electron chi connectivity index (χ0n) is 16.9. The summed E-state index contributed by atoms with van der Waals surface area (Å²) >= 11 is 0. The molecule has 2 atom stereocenters. The van der Waals surface area contributed by atoms with Gasteiger partial charge in [-0.3, -0.25) is 4.90 Å². The molecule has 2 aromatic rings. The van der Waals surface area contributed by atoms with Crippen LogP contribution in [0.2, 0.25) is 0 Å². The molecule has 1 aliphatic rings. The normalized spacial score (nSPS) is 19.6. The van der Waals surface area contributed by atoms with Gasteiger partial charge in [-0.2, -0.15) is 13.2 Å². The topological polar surface area (TPSA) is 72.1 Å². The molecule has 0 bridgehead atoms. The van der Waals surface area contributed by atoms with Gasteiger partial charge in [0.1, 0.15) is 5.75 Å². The highest BCUT2D eigenvalue weighted by Gasteiger charge is 2.38. The summed E-state index contributed by atoms with van der Waals surface area (Å²) < 4.78 is 47.9. The Balaban J connectivity index is 0.000000396. The SMILES string of the molecule is COc1ccc(C[C@H]2CN(Cc3ccoc3)CC[C@@H]2OC)cc1.O=C(O)C(F)(F)F. The quantitative estimate of drug-likeness (QED) is 0.749. The van der Waals surface area contributed by atoms with Crippen LogP contribution in [0.4, 0.5) is 13.2 Å². The highest BCUT2D eigenvalue weighted by atomic mass is 19.4. The molecule has 1 aromatic carbocycles. The van der Waals surface area contributed by atoms with Crippen LogP contribution in [-0.2, 0) is 22.5 Å². The molecule has 0 unspecified atom stereocenters. The smallest absolute Gasteiger partial charge is 0.490 e. The standard InChI is InChI=1S/C19H25NO3.C2HF3O2/c1-21-18-5-3-15(4-6-18)11-17-13-20(9-7-19(17)22-2)12-16-8-10-23-14-16;3-2(4,5)1(6)7/h3-6,8,10,14,17,19H,7,9,11-13H2,1-2H3;(H,6,7)/t17-,19-;/m0./s1. The third-order valence-corrected chi connectivity index (χ3v) is 4.94. The van der Waals surface area contributed by atoms with Crippen LogP contribution in [0.3, 0.4) is 0 Å². The van der Waals surface area contributed by atoms with E-state index in [4.69, 9.17) is 23.8 Å². The number of furan rings is 1. The molecule has 1 N–H and O–H groups in total. The second-order valence-electron chi connectivity index (χ2n) is 7.04. The number of alkyl halides is 3. The van der Waals surface area contributed by atoms with E-state index in [9.17, 15) is 13.2 Å². The monoisotopic (exact) mass is 429 g/mol. The fraction of sp³-hybridized carbons (Fsp3) is 0.476. The molecule has 1 saturated heterocycles. The number of carbonyl (C=O) groups is 1. The Labute approximate surface area is 173 Å². The van der Waals surface area contributed by atoms with Crippen LogP contribution in [0, 0.1) is 5.92 Å². The van der Waals surface area contributed by atoms with Crippen LogP contribution in [-0.4, -0.2) is 55.6 Å². The average Bonchev–Trinajstić information content (AvgIpc) is 3.22. The van der Waals surface area contributed by atoms with E-state index in [-0.39, 0.29) is 0 Å². The fourth-order valence-corrected chi connectivity index (χ4v) is 3.44. The number of carboxylic acids is 1. The number of likely N-dealkylation sites (tertiary alicyclic amines) is 1. The Morgan fingerprint density at radius 3 is 2.37 bits per heavy atom. The van der Waals surface area contributed by atoms with E-state index in [1.807, 2.05) is 31.6 Å². The van der Waals surface area contributed by atoms with Crippen molar-refractivity contribution in [3.8, 4) is 5.75 Å². The van der Waals surface area contributed by atoms with Crippen molar-refractivity contribution in [1.82, 2.24) is 4.90 Å². The Hall–Kier alpha value is -2.52. The van der Waals surface area contributed by atoms with Gasteiger partial charge in [0.05, 0.1) is 25.7 Å². The first-order valence-corrected chi connectivity index (χ1v) is 9.42. The van der Waals surface area contributed by atoms with Crippen molar-refractivity contribution >= 4 is 5.97 Å². The largest absolute Gasteiger partial charge is 0.497 e. The van der Waals surface area contributed by atoms with Crippen molar-refractivity contribution in [3.63, 3.8) is 0 Å². The number of piperidine rings is 1. The van der Waals surface area contributed by atoms with Crippen LogP contribution in [0.1, 0.15) is 17.5 Å². The maximum absolute atomic E-state index is 10.6. The van der Waals surface area contributed by atoms with Crippen molar-refractivity contribution < 1.29 is 37.0 Å². The molecule has 0 amide bonds. The lowest BCUT2D eigenvalue weighted by atomic mass is 9.88. The van der Waals surface area contributed by atoms with Crippen molar-refractivity contribution in [2.45, 2.75) is 31.7 Å². The van der Waals surface area contributed by atoms with E-state index >= 15 is 0 Å². The number of aliphatic carboxylic acids is 1. The minimum atomic E-state index is -5.08. The first-order valence-electron chi connectivity index (χ1n) is 9.42. The molecule has 3 rings (SSSR count). The van der Waals surface area contributed by atoms with E-state index in [0.29, 0.717) is 12.0 Å². The molecule has 166 valence electrons. The highest BCUT2D eigenvalue weighted by Crippen LogP contribution is 2.25. The van der Waals surface area contributed by atoms with Gasteiger partial charge < -0.3 is 19.0 Å². The van der Waals surface area contributed by atoms with Gasteiger partial charge in [-0.15, -0.1) is 0 Å². The first kappa shape index (κ1) is 23.8. The zero-order valence-corrected chi connectivity index (χ0v) is 16.9. The lowest BCUT2D eigenvalue weighted by molar-refractivity contribution is -0.192. The second-order valence-corrected chi connectivity index (χ2v) is 7.04. The van der Waals surface area contributed by atoms with Gasteiger partial charge in [-0.1, -0.05) is 12.1 Å². The summed E-state index contributed by atoms with van der Waals surface area (Å²) in [4.78, 5) is 11.4. The van der Waals surface area contributed by atoms with Crippen LogP contribution in [0.15, 0.2) is 47.3 Å². The summed E-state index contributed by atoms with van der Waals surface area (Å²) in [6.45, 7) is 3.07. The molecule has 0 saturated carbocycles. The number of halogens is 3. The lowest BCUT2D eigenvalue weighted by Crippen LogP contribution is -2.44. The molecule has 0 spiro atoms. The van der Waals surface area contributed by atoms with E-state index in [2.05, 4.69) is 17.0 Å². The molecule has 0 aliphatic carbocycles. The summed E-state index contributed by atoms with van der Waals surface area (Å²) in [5.74, 6) is -1.34. The molecular formula is C21H26F3NO5. The van der Waals surface area contributed by atoms with E-state index in [0.717, 1.165) is 38.2 Å².